The number of aliphatic carboxylic acids is 1. The van der Waals surface area contributed by atoms with Gasteiger partial charge in [-0.15, -0.1) is 0 Å². The molecule has 0 radical (unpaired) electrons. The molecule has 3 aromatic heterocycles. The minimum absolute atomic E-state index is 0.165. The van der Waals surface area contributed by atoms with E-state index in [1.165, 1.54) is 0 Å². The van der Waals surface area contributed by atoms with Crippen LogP contribution in [0.1, 0.15) is 37.3 Å². The summed E-state index contributed by atoms with van der Waals surface area (Å²) in [6.45, 7) is 16.3. The van der Waals surface area contributed by atoms with Gasteiger partial charge in [0.1, 0.15) is 19.3 Å². The van der Waals surface area contributed by atoms with E-state index in [1.807, 2.05) is 41.2 Å². The fourth-order valence-corrected chi connectivity index (χ4v) is 7.36. The first kappa shape index (κ1) is 34.9. The van der Waals surface area contributed by atoms with Crippen molar-refractivity contribution >= 4 is 33.6 Å². The van der Waals surface area contributed by atoms with Crippen LogP contribution in [-0.2, 0) is 14.3 Å². The van der Waals surface area contributed by atoms with Crippen molar-refractivity contribution in [1.82, 2.24) is 19.6 Å². The number of benzene rings is 1. The third kappa shape index (κ3) is 9.59. The zero-order chi connectivity index (χ0) is 33.6. The number of hydrogen-bond acceptors (Lipinski definition) is 7. The SMILES string of the molecule is C[Si](C)(C)CCOCN(COCC[Si](C)(C)C)c1cc(C2CCC(C(=O)O)CC2)nc2c(-c3ccc(-c4ccccc4)nc3)cnn12. The van der Waals surface area contributed by atoms with Crippen LogP contribution in [0.3, 0.4) is 0 Å². The zero-order valence-electron chi connectivity index (χ0n) is 28.9. The monoisotopic (exact) mass is 673 g/mol. The summed E-state index contributed by atoms with van der Waals surface area (Å²) in [5.41, 5.74) is 5.53. The van der Waals surface area contributed by atoms with E-state index in [1.54, 1.807) is 0 Å². The molecule has 0 aliphatic heterocycles. The summed E-state index contributed by atoms with van der Waals surface area (Å²) < 4.78 is 14.5. The van der Waals surface area contributed by atoms with Gasteiger partial charge in [0, 0.05) is 69.9 Å². The van der Waals surface area contributed by atoms with Crippen LogP contribution in [0.2, 0.25) is 51.4 Å². The summed E-state index contributed by atoms with van der Waals surface area (Å²) in [5, 5.41) is 14.5. The molecule has 9 nitrogen and oxygen atoms in total. The number of rotatable bonds is 15. The van der Waals surface area contributed by atoms with Gasteiger partial charge in [-0.1, -0.05) is 75.7 Å². The Labute approximate surface area is 281 Å². The molecule has 0 unspecified atom stereocenters. The van der Waals surface area contributed by atoms with Crippen molar-refractivity contribution in [2.45, 2.75) is 83.0 Å². The fourth-order valence-electron chi connectivity index (χ4n) is 5.85. The van der Waals surface area contributed by atoms with E-state index in [0.717, 1.165) is 64.5 Å². The Morgan fingerprint density at radius 3 is 2.06 bits per heavy atom. The number of fused-ring (bicyclic) bond motifs is 1. The lowest BCUT2D eigenvalue weighted by Gasteiger charge is -2.29. The van der Waals surface area contributed by atoms with E-state index in [2.05, 4.69) is 68.4 Å². The van der Waals surface area contributed by atoms with E-state index in [-0.39, 0.29) is 11.8 Å². The highest BCUT2D eigenvalue weighted by Gasteiger charge is 2.29. The Morgan fingerprint density at radius 2 is 1.51 bits per heavy atom. The number of pyridine rings is 1. The highest BCUT2D eigenvalue weighted by Crippen LogP contribution is 2.38. The van der Waals surface area contributed by atoms with Crippen molar-refractivity contribution < 1.29 is 19.4 Å². The molecule has 1 fully saturated rings. The maximum Gasteiger partial charge on any atom is 0.306 e. The van der Waals surface area contributed by atoms with Gasteiger partial charge >= 0.3 is 5.97 Å². The molecule has 1 aromatic carbocycles. The molecule has 47 heavy (non-hydrogen) atoms. The van der Waals surface area contributed by atoms with Gasteiger partial charge in [0.05, 0.1) is 17.8 Å². The highest BCUT2D eigenvalue weighted by molar-refractivity contribution is 6.76. The number of aromatic nitrogens is 4. The first-order valence-corrected chi connectivity index (χ1v) is 24.3. The average Bonchev–Trinajstić information content (AvgIpc) is 3.47. The van der Waals surface area contributed by atoms with E-state index in [9.17, 15) is 9.90 Å². The number of ether oxygens (including phenoxy) is 2. The number of anilines is 1. The Morgan fingerprint density at radius 1 is 0.872 bits per heavy atom. The number of nitrogens with zero attached hydrogens (tertiary/aromatic N) is 5. The number of carboxylic acid groups (broad SMARTS) is 1. The van der Waals surface area contributed by atoms with Crippen molar-refractivity contribution in [3.8, 4) is 22.4 Å². The van der Waals surface area contributed by atoms with Crippen molar-refractivity contribution in [2.75, 3.05) is 31.6 Å². The lowest BCUT2D eigenvalue weighted by molar-refractivity contribution is -0.142. The largest absolute Gasteiger partial charge is 0.481 e. The minimum atomic E-state index is -1.26. The molecule has 3 heterocycles. The molecule has 1 aliphatic rings. The van der Waals surface area contributed by atoms with Gasteiger partial charge in [0.25, 0.3) is 0 Å². The molecule has 0 spiro atoms. The average molecular weight is 674 g/mol. The van der Waals surface area contributed by atoms with Gasteiger partial charge in [0.15, 0.2) is 5.65 Å². The van der Waals surface area contributed by atoms with Crippen LogP contribution in [0, 0.1) is 5.92 Å². The third-order valence-electron chi connectivity index (χ3n) is 8.92. The molecule has 0 atom stereocenters. The smallest absolute Gasteiger partial charge is 0.306 e. The lowest BCUT2D eigenvalue weighted by atomic mass is 9.80. The van der Waals surface area contributed by atoms with E-state index in [0.29, 0.717) is 39.5 Å². The second-order valence-corrected chi connectivity index (χ2v) is 26.5. The standard InChI is InChI=1S/C36H51N5O4Si2/c1-46(2,3)20-18-44-25-40(26-45-19-21-47(4,5)6)34-22-33(28-12-14-29(15-13-28)36(42)43)39-35-31(24-38-41(34)35)30-16-17-32(37-23-30)27-10-8-7-9-11-27/h7-11,16-17,22-24,28-29H,12-15,18-21,25-26H2,1-6H3,(H,42,43). The molecule has 252 valence electrons. The number of carbonyl (C=O) groups is 1. The minimum Gasteiger partial charge on any atom is -0.481 e. The number of hydrogen-bond donors (Lipinski definition) is 1. The van der Waals surface area contributed by atoms with Gasteiger partial charge in [-0.3, -0.25) is 9.78 Å². The second-order valence-electron chi connectivity index (χ2n) is 15.3. The summed E-state index contributed by atoms with van der Waals surface area (Å²) in [5.74, 6) is 0.0454. The second kappa shape index (κ2) is 15.2. The first-order valence-electron chi connectivity index (χ1n) is 16.9. The van der Waals surface area contributed by atoms with Gasteiger partial charge < -0.3 is 19.5 Å². The molecule has 1 aliphatic carbocycles. The predicted octanol–water partition coefficient (Wildman–Crippen LogP) is 8.25. The summed E-state index contributed by atoms with van der Waals surface area (Å²) >= 11 is 0. The van der Waals surface area contributed by atoms with Gasteiger partial charge in [-0.25, -0.2) is 4.98 Å². The Balaban J connectivity index is 1.51. The van der Waals surface area contributed by atoms with Gasteiger partial charge in [-0.2, -0.15) is 9.61 Å². The van der Waals surface area contributed by atoms with Crippen molar-refractivity contribution in [3.05, 3.63) is 66.6 Å². The van der Waals surface area contributed by atoms with E-state index in [4.69, 9.17) is 24.5 Å². The van der Waals surface area contributed by atoms with Crippen molar-refractivity contribution in [2.24, 2.45) is 5.92 Å². The summed E-state index contributed by atoms with van der Waals surface area (Å²) in [7, 11) is -2.51. The summed E-state index contributed by atoms with van der Waals surface area (Å²) in [4.78, 5) is 23.8. The van der Waals surface area contributed by atoms with Crippen molar-refractivity contribution in [3.63, 3.8) is 0 Å². The van der Waals surface area contributed by atoms with Crippen LogP contribution < -0.4 is 4.90 Å². The topological polar surface area (TPSA) is 102 Å². The maximum atomic E-state index is 11.7. The molecular weight excluding hydrogens is 623 g/mol. The summed E-state index contributed by atoms with van der Waals surface area (Å²) in [6.07, 6.45) is 6.64. The predicted molar refractivity (Wildman–Crippen MR) is 194 cm³/mol. The maximum absolute atomic E-state index is 11.7. The van der Waals surface area contributed by atoms with Crippen LogP contribution in [0.25, 0.3) is 28.0 Å². The van der Waals surface area contributed by atoms with E-state index >= 15 is 0 Å². The van der Waals surface area contributed by atoms with Crippen LogP contribution >= 0.6 is 0 Å². The molecule has 11 heteroatoms. The van der Waals surface area contributed by atoms with Crippen LogP contribution in [-0.4, -0.2) is 73.5 Å². The molecule has 4 aromatic rings. The molecule has 5 rings (SSSR count). The Hall–Kier alpha value is -3.39. The molecule has 1 N–H and O–H groups in total. The third-order valence-corrected chi connectivity index (χ3v) is 12.3. The quantitative estimate of drug-likeness (QED) is 0.0765. The molecule has 0 amide bonds. The molecule has 1 saturated carbocycles. The molecular formula is C36H51N5O4Si2. The number of carboxylic acids is 1. The Bertz CT molecular complexity index is 1590. The Kier molecular flexibility index (Phi) is 11.3. The molecule has 0 bridgehead atoms. The van der Waals surface area contributed by atoms with Crippen LogP contribution in [0.15, 0.2) is 60.9 Å². The van der Waals surface area contributed by atoms with E-state index < -0.39 is 22.1 Å². The lowest BCUT2D eigenvalue weighted by Crippen LogP contribution is -2.33. The molecule has 0 saturated heterocycles. The summed E-state index contributed by atoms with van der Waals surface area (Å²) in [6, 6.07) is 18.6. The fraction of sp³-hybridized carbons (Fsp3) is 0.500. The van der Waals surface area contributed by atoms with Gasteiger partial charge in [-0.05, 0) is 43.8 Å². The zero-order valence-corrected chi connectivity index (χ0v) is 30.9. The van der Waals surface area contributed by atoms with Crippen molar-refractivity contribution in [1.29, 1.82) is 0 Å². The first-order chi connectivity index (χ1) is 22.4. The van der Waals surface area contributed by atoms with Gasteiger partial charge in [0.2, 0.25) is 0 Å². The highest BCUT2D eigenvalue weighted by atomic mass is 28.3. The van der Waals surface area contributed by atoms with Crippen LogP contribution in [0.5, 0.6) is 0 Å². The normalized spacial score (nSPS) is 17.2. The van der Waals surface area contributed by atoms with Crippen LogP contribution in [0.4, 0.5) is 5.82 Å².